The van der Waals surface area contributed by atoms with Gasteiger partial charge in [-0.2, -0.15) is 9.78 Å². The largest absolute Gasteiger partial charge is 0.328 e. The van der Waals surface area contributed by atoms with E-state index in [9.17, 15) is 13.2 Å². The van der Waals surface area contributed by atoms with Crippen molar-refractivity contribution in [3.8, 4) is 5.95 Å². The minimum absolute atomic E-state index is 0.00739. The lowest BCUT2D eigenvalue weighted by Crippen LogP contribution is -2.33. The number of carbonyl (C=O) groups is 1. The van der Waals surface area contributed by atoms with E-state index in [0.717, 1.165) is 0 Å². The van der Waals surface area contributed by atoms with E-state index in [-0.39, 0.29) is 33.1 Å². The van der Waals surface area contributed by atoms with Gasteiger partial charge in [0.15, 0.2) is 5.82 Å². The maximum Gasteiger partial charge on any atom is 0.319 e. The first-order valence-corrected chi connectivity index (χ1v) is 12.1. The van der Waals surface area contributed by atoms with Crippen LogP contribution in [0.25, 0.3) is 5.95 Å². The van der Waals surface area contributed by atoms with Crippen molar-refractivity contribution in [1.82, 2.24) is 34.8 Å². The van der Waals surface area contributed by atoms with Crippen LogP contribution in [-0.4, -0.2) is 45.7 Å². The van der Waals surface area contributed by atoms with E-state index in [2.05, 4.69) is 35.4 Å². The van der Waals surface area contributed by atoms with Gasteiger partial charge in [-0.3, -0.25) is 0 Å². The van der Waals surface area contributed by atoms with Crippen molar-refractivity contribution in [2.24, 2.45) is 5.92 Å². The van der Waals surface area contributed by atoms with E-state index in [1.807, 2.05) is 13.8 Å². The van der Waals surface area contributed by atoms with Crippen molar-refractivity contribution in [3.63, 3.8) is 0 Å². The number of aromatic nitrogens is 5. The van der Waals surface area contributed by atoms with Crippen LogP contribution in [0.3, 0.4) is 0 Å². The van der Waals surface area contributed by atoms with Crippen molar-refractivity contribution in [1.29, 1.82) is 0 Å². The highest BCUT2D eigenvalue weighted by atomic mass is 35.5. The van der Waals surface area contributed by atoms with Gasteiger partial charge in [0, 0.05) is 18.9 Å². The summed E-state index contributed by atoms with van der Waals surface area (Å²) in [4.78, 5) is 24.8. The van der Waals surface area contributed by atoms with E-state index >= 15 is 0 Å². The number of carbonyl (C=O) groups excluding carboxylic acids is 1. The number of anilines is 1. The molecule has 33 heavy (non-hydrogen) atoms. The molecule has 2 heterocycles. The Hall–Kier alpha value is -2.80. The lowest BCUT2D eigenvalue weighted by molar-refractivity contribution is 0.248. The molecule has 3 N–H and O–H groups in total. The molecule has 3 aromatic rings. The zero-order chi connectivity index (χ0) is 24.2. The molecule has 2 aromatic heterocycles. The Morgan fingerprint density at radius 2 is 1.79 bits per heavy atom. The summed E-state index contributed by atoms with van der Waals surface area (Å²) in [5.74, 6) is 0.815. The topological polar surface area (TPSA) is 144 Å². The number of rotatable bonds is 8. The van der Waals surface area contributed by atoms with Crippen LogP contribution in [0.1, 0.15) is 32.6 Å². The van der Waals surface area contributed by atoms with Crippen molar-refractivity contribution in [2.45, 2.75) is 31.7 Å². The van der Waals surface area contributed by atoms with Gasteiger partial charge < -0.3 is 10.6 Å². The van der Waals surface area contributed by atoms with Crippen molar-refractivity contribution < 1.29 is 13.2 Å². The second kappa shape index (κ2) is 10.4. The van der Waals surface area contributed by atoms with Gasteiger partial charge in [-0.15, -0.1) is 0 Å². The molecule has 0 radical (unpaired) electrons. The minimum atomic E-state index is -3.86. The molecular weight excluding hydrogens is 491 g/mol. The summed E-state index contributed by atoms with van der Waals surface area (Å²) in [6.07, 6.45) is 4.45. The third kappa shape index (κ3) is 6.16. The van der Waals surface area contributed by atoms with Gasteiger partial charge in [-0.05, 0) is 31.0 Å². The summed E-state index contributed by atoms with van der Waals surface area (Å²) in [6.45, 7) is 5.70. The van der Waals surface area contributed by atoms with Crippen molar-refractivity contribution in [2.75, 3.05) is 11.9 Å². The number of halogens is 2. The lowest BCUT2D eigenvalue weighted by Gasteiger charge is -2.16. The van der Waals surface area contributed by atoms with Crippen LogP contribution in [-0.2, 0) is 10.0 Å². The van der Waals surface area contributed by atoms with Crippen LogP contribution in [0.15, 0.2) is 41.8 Å². The maximum absolute atomic E-state index is 12.5. The molecule has 1 atom stereocenters. The van der Waals surface area contributed by atoms with Gasteiger partial charge in [0.2, 0.25) is 10.0 Å². The van der Waals surface area contributed by atoms with Crippen LogP contribution in [0.4, 0.5) is 10.5 Å². The second-order valence-corrected chi connectivity index (χ2v) is 9.96. The molecule has 14 heteroatoms. The number of nitrogens with one attached hydrogen (secondary N) is 3. The van der Waals surface area contributed by atoms with E-state index in [1.165, 1.54) is 23.1 Å². The molecule has 0 unspecified atom stereocenters. The molecule has 0 aliphatic heterocycles. The minimum Gasteiger partial charge on any atom is -0.328 e. The normalized spacial score (nSPS) is 12.5. The first-order valence-electron chi connectivity index (χ1n) is 9.82. The Kier molecular flexibility index (Phi) is 7.84. The Morgan fingerprint density at radius 3 is 2.45 bits per heavy atom. The fourth-order valence-corrected chi connectivity index (χ4v) is 4.75. The van der Waals surface area contributed by atoms with Crippen LogP contribution >= 0.6 is 23.2 Å². The molecule has 0 spiro atoms. The van der Waals surface area contributed by atoms with E-state index in [1.54, 1.807) is 25.4 Å². The molecule has 3 rings (SSSR count). The standard InChI is InChI=1S/C19H22Cl2N8O3S/c1-11(2)9-26-33(31,32)16-8-13(20)15(7-14(16)21)28-19(30)27-12(3)17-24-10-25-29(17)18-22-5-4-6-23-18/h4-8,10-12,26H,9H2,1-3H3,(H2,27,28,30)/t12-/m0/s1. The summed E-state index contributed by atoms with van der Waals surface area (Å²) < 4.78 is 28.8. The molecule has 11 nitrogen and oxygen atoms in total. The number of hydrogen-bond donors (Lipinski definition) is 3. The smallest absolute Gasteiger partial charge is 0.319 e. The molecule has 176 valence electrons. The number of benzene rings is 1. The molecular formula is C19H22Cl2N8O3S. The van der Waals surface area contributed by atoms with E-state index in [4.69, 9.17) is 23.2 Å². The predicted molar refractivity (Wildman–Crippen MR) is 124 cm³/mol. The van der Waals surface area contributed by atoms with Gasteiger partial charge in [-0.25, -0.2) is 32.9 Å². The average molecular weight is 513 g/mol. The Labute approximate surface area is 201 Å². The molecule has 0 saturated carbocycles. The molecule has 0 saturated heterocycles. The van der Waals surface area contributed by atoms with Crippen LogP contribution in [0, 0.1) is 5.92 Å². The third-order valence-electron chi connectivity index (χ3n) is 4.29. The molecule has 0 aliphatic rings. The first kappa shape index (κ1) is 24.8. The molecule has 1 aromatic carbocycles. The fourth-order valence-electron chi connectivity index (χ4n) is 2.70. The Morgan fingerprint density at radius 1 is 1.09 bits per heavy atom. The highest BCUT2D eigenvalue weighted by molar-refractivity contribution is 7.89. The molecule has 0 aliphatic carbocycles. The summed E-state index contributed by atoms with van der Waals surface area (Å²) in [7, 11) is -3.86. The number of nitrogens with zero attached hydrogens (tertiary/aromatic N) is 5. The lowest BCUT2D eigenvalue weighted by atomic mass is 10.2. The highest BCUT2D eigenvalue weighted by Gasteiger charge is 2.22. The van der Waals surface area contributed by atoms with Gasteiger partial charge in [-0.1, -0.05) is 37.0 Å². The molecule has 0 fully saturated rings. The van der Waals surface area contributed by atoms with Gasteiger partial charge in [0.1, 0.15) is 11.2 Å². The monoisotopic (exact) mass is 512 g/mol. The summed E-state index contributed by atoms with van der Waals surface area (Å²) >= 11 is 12.4. The highest BCUT2D eigenvalue weighted by Crippen LogP contribution is 2.32. The summed E-state index contributed by atoms with van der Waals surface area (Å²) in [5, 5.41) is 9.28. The van der Waals surface area contributed by atoms with E-state index < -0.39 is 22.1 Å². The van der Waals surface area contributed by atoms with Crippen LogP contribution < -0.4 is 15.4 Å². The van der Waals surface area contributed by atoms with Crippen molar-refractivity contribution >= 4 is 44.9 Å². The molecule has 0 bridgehead atoms. The Balaban J connectivity index is 1.73. The third-order valence-corrected chi connectivity index (χ3v) is 6.49. The number of urea groups is 1. The van der Waals surface area contributed by atoms with Gasteiger partial charge in [0.05, 0.1) is 21.8 Å². The van der Waals surface area contributed by atoms with Crippen LogP contribution in [0.2, 0.25) is 10.0 Å². The van der Waals surface area contributed by atoms with Crippen LogP contribution in [0.5, 0.6) is 0 Å². The fraction of sp³-hybridized carbons (Fsp3) is 0.316. The zero-order valence-corrected chi connectivity index (χ0v) is 20.3. The SMILES string of the molecule is CC(C)CNS(=O)(=O)c1cc(Cl)c(NC(=O)N[C@@H](C)c2ncnn2-c2ncccn2)cc1Cl. The zero-order valence-electron chi connectivity index (χ0n) is 18.0. The second-order valence-electron chi connectivity index (χ2n) is 7.41. The first-order chi connectivity index (χ1) is 15.6. The molecule has 2 amide bonds. The number of hydrogen-bond acceptors (Lipinski definition) is 7. The summed E-state index contributed by atoms with van der Waals surface area (Å²) in [6, 6.07) is 2.94. The number of sulfonamides is 1. The van der Waals surface area contributed by atoms with E-state index in [0.29, 0.717) is 11.8 Å². The maximum atomic E-state index is 12.5. The quantitative estimate of drug-likeness (QED) is 0.420. The van der Waals surface area contributed by atoms with Crippen molar-refractivity contribution in [3.05, 3.63) is 52.8 Å². The number of amides is 2. The Bertz CT molecular complexity index is 1240. The average Bonchev–Trinajstić information content (AvgIpc) is 3.25. The van der Waals surface area contributed by atoms with Gasteiger partial charge >= 0.3 is 6.03 Å². The summed E-state index contributed by atoms with van der Waals surface area (Å²) in [5.41, 5.74) is 0.141. The van der Waals surface area contributed by atoms with Gasteiger partial charge in [0.25, 0.3) is 5.95 Å². The predicted octanol–water partition coefficient (Wildman–Crippen LogP) is 3.18.